The Morgan fingerprint density at radius 1 is 1.27 bits per heavy atom. The molecule has 1 aromatic rings. The van der Waals surface area contributed by atoms with Crippen molar-refractivity contribution >= 4 is 0 Å². The molecular formula is C10H13N3O2. The summed E-state index contributed by atoms with van der Waals surface area (Å²) in [5, 5.41) is 3.15. The van der Waals surface area contributed by atoms with Crippen molar-refractivity contribution in [2.24, 2.45) is 0 Å². The standard InChI is InChI=1S/C10H13N3O2/c14-9-7-5-11-4-3-8(7)13(6-1-2-6)10(15)12-9/h6,11H,1-5H2,(H,12,14,15). The van der Waals surface area contributed by atoms with E-state index in [0.717, 1.165) is 37.1 Å². The van der Waals surface area contributed by atoms with E-state index >= 15 is 0 Å². The van der Waals surface area contributed by atoms with E-state index in [-0.39, 0.29) is 11.2 Å². The number of rotatable bonds is 1. The lowest BCUT2D eigenvalue weighted by atomic mass is 10.1. The average Bonchev–Trinajstić information content (AvgIpc) is 3.02. The van der Waals surface area contributed by atoms with Crippen LogP contribution < -0.4 is 16.6 Å². The van der Waals surface area contributed by atoms with E-state index in [0.29, 0.717) is 12.6 Å². The number of fused-ring (bicyclic) bond motifs is 1. The molecule has 0 unspecified atom stereocenters. The van der Waals surface area contributed by atoms with Gasteiger partial charge in [-0.2, -0.15) is 0 Å². The van der Waals surface area contributed by atoms with Gasteiger partial charge in [0.05, 0.1) is 5.56 Å². The van der Waals surface area contributed by atoms with Crippen LogP contribution in [0.15, 0.2) is 9.59 Å². The van der Waals surface area contributed by atoms with E-state index in [9.17, 15) is 9.59 Å². The Morgan fingerprint density at radius 2 is 2.07 bits per heavy atom. The van der Waals surface area contributed by atoms with E-state index in [1.54, 1.807) is 4.57 Å². The van der Waals surface area contributed by atoms with Crippen molar-refractivity contribution in [1.82, 2.24) is 14.9 Å². The van der Waals surface area contributed by atoms with Crippen molar-refractivity contribution in [2.45, 2.75) is 31.8 Å². The Hall–Kier alpha value is -1.36. The Morgan fingerprint density at radius 3 is 2.80 bits per heavy atom. The Kier molecular flexibility index (Phi) is 1.82. The number of hydrogen-bond donors (Lipinski definition) is 2. The number of H-pyrrole nitrogens is 1. The summed E-state index contributed by atoms with van der Waals surface area (Å²) in [4.78, 5) is 25.7. The molecule has 2 heterocycles. The van der Waals surface area contributed by atoms with Crippen LogP contribution >= 0.6 is 0 Å². The predicted octanol–water partition coefficient (Wildman–Crippen LogP) is -0.483. The molecule has 2 aliphatic rings. The summed E-state index contributed by atoms with van der Waals surface area (Å²) in [6.45, 7) is 1.43. The first-order chi connectivity index (χ1) is 7.27. The Balaban J connectivity index is 2.28. The molecule has 0 radical (unpaired) electrons. The number of nitrogens with one attached hydrogen (secondary N) is 2. The van der Waals surface area contributed by atoms with Crippen LogP contribution in [0.1, 0.15) is 30.1 Å². The first kappa shape index (κ1) is 8.91. The van der Waals surface area contributed by atoms with Gasteiger partial charge in [-0.1, -0.05) is 0 Å². The van der Waals surface area contributed by atoms with Gasteiger partial charge in [-0.15, -0.1) is 0 Å². The molecule has 5 nitrogen and oxygen atoms in total. The molecule has 0 amide bonds. The van der Waals surface area contributed by atoms with Crippen LogP contribution in [-0.4, -0.2) is 16.1 Å². The quantitative estimate of drug-likeness (QED) is 0.653. The molecule has 0 bridgehead atoms. The molecule has 15 heavy (non-hydrogen) atoms. The van der Waals surface area contributed by atoms with Crippen LogP contribution in [0.25, 0.3) is 0 Å². The van der Waals surface area contributed by atoms with Crippen molar-refractivity contribution in [2.75, 3.05) is 6.54 Å². The zero-order valence-electron chi connectivity index (χ0n) is 8.38. The van der Waals surface area contributed by atoms with Gasteiger partial charge in [0.2, 0.25) is 0 Å². The summed E-state index contributed by atoms with van der Waals surface area (Å²) in [5.74, 6) is 0. The summed E-state index contributed by atoms with van der Waals surface area (Å²) >= 11 is 0. The van der Waals surface area contributed by atoms with Crippen molar-refractivity contribution in [1.29, 1.82) is 0 Å². The van der Waals surface area contributed by atoms with E-state index < -0.39 is 0 Å². The Bertz CT molecular complexity index is 510. The van der Waals surface area contributed by atoms with E-state index in [4.69, 9.17) is 0 Å². The topological polar surface area (TPSA) is 66.9 Å². The molecule has 0 spiro atoms. The lowest BCUT2D eigenvalue weighted by Crippen LogP contribution is -2.40. The number of nitrogens with zero attached hydrogens (tertiary/aromatic N) is 1. The molecule has 0 atom stereocenters. The molecule has 5 heteroatoms. The molecule has 1 saturated carbocycles. The van der Waals surface area contributed by atoms with Gasteiger partial charge < -0.3 is 5.32 Å². The second kappa shape index (κ2) is 3.06. The fourth-order valence-corrected chi connectivity index (χ4v) is 2.22. The highest BCUT2D eigenvalue weighted by Gasteiger charge is 2.29. The van der Waals surface area contributed by atoms with Crippen molar-refractivity contribution in [3.05, 3.63) is 32.1 Å². The summed E-state index contributed by atoms with van der Waals surface area (Å²) < 4.78 is 1.79. The van der Waals surface area contributed by atoms with Gasteiger partial charge in [0.1, 0.15) is 0 Å². The van der Waals surface area contributed by atoms with Crippen LogP contribution in [0.5, 0.6) is 0 Å². The molecule has 80 valence electrons. The smallest absolute Gasteiger partial charge is 0.312 e. The summed E-state index contributed by atoms with van der Waals surface area (Å²) in [6, 6.07) is 0.334. The van der Waals surface area contributed by atoms with E-state index in [1.165, 1.54) is 0 Å². The highest BCUT2D eigenvalue weighted by molar-refractivity contribution is 5.21. The number of aromatic amines is 1. The summed E-state index contributed by atoms with van der Waals surface area (Å²) in [5.41, 5.74) is 1.24. The molecular weight excluding hydrogens is 194 g/mol. The maximum absolute atomic E-state index is 11.7. The van der Waals surface area contributed by atoms with Gasteiger partial charge in [0.25, 0.3) is 5.56 Å². The predicted molar refractivity (Wildman–Crippen MR) is 55.0 cm³/mol. The molecule has 1 aliphatic carbocycles. The van der Waals surface area contributed by atoms with Crippen LogP contribution in [0.2, 0.25) is 0 Å². The normalized spacial score (nSPS) is 20.0. The maximum Gasteiger partial charge on any atom is 0.328 e. The van der Waals surface area contributed by atoms with Gasteiger partial charge in [0, 0.05) is 31.2 Å². The fraction of sp³-hybridized carbons (Fsp3) is 0.600. The summed E-state index contributed by atoms with van der Waals surface area (Å²) in [7, 11) is 0. The molecule has 3 rings (SSSR count). The van der Waals surface area contributed by atoms with Crippen molar-refractivity contribution in [3.8, 4) is 0 Å². The zero-order valence-corrected chi connectivity index (χ0v) is 8.38. The molecule has 0 aromatic carbocycles. The molecule has 2 N–H and O–H groups in total. The van der Waals surface area contributed by atoms with E-state index in [1.807, 2.05) is 0 Å². The largest absolute Gasteiger partial charge is 0.328 e. The van der Waals surface area contributed by atoms with Gasteiger partial charge >= 0.3 is 5.69 Å². The fourth-order valence-electron chi connectivity index (χ4n) is 2.22. The van der Waals surface area contributed by atoms with Crippen molar-refractivity contribution in [3.63, 3.8) is 0 Å². The minimum atomic E-state index is -0.233. The van der Waals surface area contributed by atoms with Crippen LogP contribution in [0, 0.1) is 0 Å². The number of aromatic nitrogens is 2. The minimum Gasteiger partial charge on any atom is -0.312 e. The second-order valence-corrected chi connectivity index (χ2v) is 4.21. The van der Waals surface area contributed by atoms with Gasteiger partial charge in [-0.25, -0.2) is 4.79 Å². The monoisotopic (exact) mass is 207 g/mol. The highest BCUT2D eigenvalue weighted by Crippen LogP contribution is 2.34. The Labute approximate surface area is 86.1 Å². The first-order valence-corrected chi connectivity index (χ1v) is 5.34. The minimum absolute atomic E-state index is 0.223. The zero-order chi connectivity index (χ0) is 10.4. The lowest BCUT2D eigenvalue weighted by Gasteiger charge is -2.20. The van der Waals surface area contributed by atoms with Gasteiger partial charge in [-0.05, 0) is 12.8 Å². The van der Waals surface area contributed by atoms with Crippen LogP contribution in [0.4, 0.5) is 0 Å². The number of hydrogen-bond acceptors (Lipinski definition) is 3. The molecule has 1 aromatic heterocycles. The van der Waals surface area contributed by atoms with E-state index in [2.05, 4.69) is 10.3 Å². The third-order valence-electron chi connectivity index (χ3n) is 3.10. The van der Waals surface area contributed by atoms with Gasteiger partial charge in [0.15, 0.2) is 0 Å². The van der Waals surface area contributed by atoms with Crippen molar-refractivity contribution < 1.29 is 0 Å². The average molecular weight is 207 g/mol. The van der Waals surface area contributed by atoms with Gasteiger partial charge in [-0.3, -0.25) is 14.3 Å². The van der Waals surface area contributed by atoms with Crippen LogP contribution in [0.3, 0.4) is 0 Å². The second-order valence-electron chi connectivity index (χ2n) is 4.21. The highest BCUT2D eigenvalue weighted by atomic mass is 16.2. The SMILES string of the molecule is O=c1[nH]c(=O)n(C2CC2)c2c1CNCC2. The molecule has 1 fully saturated rings. The first-order valence-electron chi connectivity index (χ1n) is 5.34. The maximum atomic E-state index is 11.7. The lowest BCUT2D eigenvalue weighted by molar-refractivity contribution is 0.548. The third-order valence-corrected chi connectivity index (χ3v) is 3.10. The molecule has 1 aliphatic heterocycles. The third kappa shape index (κ3) is 1.34. The molecule has 0 saturated heterocycles. The summed E-state index contributed by atoms with van der Waals surface area (Å²) in [6.07, 6.45) is 2.91. The van der Waals surface area contributed by atoms with Crippen LogP contribution in [-0.2, 0) is 13.0 Å².